The first-order chi connectivity index (χ1) is 13.6. The van der Waals surface area contributed by atoms with Gasteiger partial charge in [0.05, 0.1) is 5.69 Å². The number of carbonyl (C=O) groups excluding carboxylic acids is 3. The van der Waals surface area contributed by atoms with Crippen molar-refractivity contribution < 1.29 is 14.4 Å². The number of likely N-dealkylation sites (tertiary alicyclic amines) is 1. The fraction of sp³-hybridized carbons (Fsp3) is 0.700. The molecule has 152 valence electrons. The number of hydrogen-bond acceptors (Lipinski definition) is 4. The molecule has 1 aromatic heterocycles. The Hall–Kier alpha value is -2.38. The highest BCUT2D eigenvalue weighted by Crippen LogP contribution is 2.24. The molecule has 0 atom stereocenters. The molecule has 8 heteroatoms. The average molecular weight is 387 g/mol. The van der Waals surface area contributed by atoms with Crippen LogP contribution in [0.1, 0.15) is 65.8 Å². The summed E-state index contributed by atoms with van der Waals surface area (Å²) in [6.45, 7) is 5.97. The third-order valence-electron chi connectivity index (χ3n) is 6.17. The summed E-state index contributed by atoms with van der Waals surface area (Å²) in [5.41, 5.74) is 1.40. The lowest BCUT2D eigenvalue weighted by Crippen LogP contribution is -2.50. The van der Waals surface area contributed by atoms with Gasteiger partial charge in [0.1, 0.15) is 5.69 Å². The summed E-state index contributed by atoms with van der Waals surface area (Å²) in [4.78, 5) is 47.8. The van der Waals surface area contributed by atoms with E-state index in [4.69, 9.17) is 0 Å². The van der Waals surface area contributed by atoms with E-state index in [1.54, 1.807) is 16.7 Å². The van der Waals surface area contributed by atoms with Gasteiger partial charge < -0.3 is 19.3 Å². The van der Waals surface area contributed by atoms with E-state index in [-0.39, 0.29) is 17.7 Å². The molecule has 3 aliphatic rings. The molecule has 1 aromatic rings. The fourth-order valence-corrected chi connectivity index (χ4v) is 4.49. The number of nitrogens with zero attached hydrogens (tertiary/aromatic N) is 5. The van der Waals surface area contributed by atoms with Crippen LogP contribution in [0.15, 0.2) is 0 Å². The second-order valence-electron chi connectivity index (χ2n) is 7.99. The summed E-state index contributed by atoms with van der Waals surface area (Å²) in [6.07, 6.45) is 6.06. The number of fused-ring (bicyclic) bond motifs is 1. The second-order valence-corrected chi connectivity index (χ2v) is 7.99. The van der Waals surface area contributed by atoms with Gasteiger partial charge in [-0.15, -0.1) is 0 Å². The molecule has 8 nitrogen and oxygen atoms in total. The zero-order valence-corrected chi connectivity index (χ0v) is 16.7. The highest BCUT2D eigenvalue weighted by atomic mass is 16.2. The Kier molecular flexibility index (Phi) is 5.37. The molecule has 28 heavy (non-hydrogen) atoms. The first-order valence-corrected chi connectivity index (χ1v) is 10.5. The first-order valence-electron chi connectivity index (χ1n) is 10.5. The van der Waals surface area contributed by atoms with Crippen molar-refractivity contribution in [1.82, 2.24) is 24.3 Å². The minimum atomic E-state index is -0.121. The summed E-state index contributed by atoms with van der Waals surface area (Å²) in [6, 6.07) is 0. The molecular weight excluding hydrogens is 358 g/mol. The summed E-state index contributed by atoms with van der Waals surface area (Å²) >= 11 is 0. The van der Waals surface area contributed by atoms with E-state index in [0.29, 0.717) is 37.7 Å². The second kappa shape index (κ2) is 7.93. The molecule has 3 amide bonds. The van der Waals surface area contributed by atoms with Crippen LogP contribution in [0.5, 0.6) is 0 Å². The van der Waals surface area contributed by atoms with Crippen molar-refractivity contribution in [3.63, 3.8) is 0 Å². The predicted molar refractivity (Wildman–Crippen MR) is 103 cm³/mol. The number of piperidine rings is 1. The van der Waals surface area contributed by atoms with Crippen LogP contribution in [0.4, 0.5) is 0 Å². The van der Waals surface area contributed by atoms with E-state index in [0.717, 1.165) is 57.4 Å². The van der Waals surface area contributed by atoms with Crippen LogP contribution >= 0.6 is 0 Å². The maximum absolute atomic E-state index is 13.2. The van der Waals surface area contributed by atoms with E-state index in [1.165, 1.54) is 6.42 Å². The van der Waals surface area contributed by atoms with Crippen LogP contribution in [0.3, 0.4) is 0 Å². The number of piperazine rings is 1. The Labute approximate surface area is 165 Å². The zero-order chi connectivity index (χ0) is 19.7. The van der Waals surface area contributed by atoms with E-state index < -0.39 is 0 Å². The standard InChI is InChI=1S/C20H29N5O3/c1-15(26)22-11-13-24(14-12-22)20(28)18-21-17(16-7-3-6-10-25(16)18)19(27)23-8-4-2-5-9-23/h2-14H2,1H3. The minimum absolute atomic E-state index is 0.0224. The number of imidazole rings is 1. The molecule has 2 fully saturated rings. The lowest BCUT2D eigenvalue weighted by Gasteiger charge is -2.34. The van der Waals surface area contributed by atoms with Gasteiger partial charge in [-0.05, 0) is 38.5 Å². The lowest BCUT2D eigenvalue weighted by molar-refractivity contribution is -0.130. The molecule has 0 aliphatic carbocycles. The van der Waals surface area contributed by atoms with Crippen LogP contribution in [-0.2, 0) is 17.8 Å². The van der Waals surface area contributed by atoms with E-state index in [2.05, 4.69) is 4.98 Å². The van der Waals surface area contributed by atoms with Gasteiger partial charge in [-0.1, -0.05) is 0 Å². The molecule has 0 aromatic carbocycles. The molecule has 0 N–H and O–H groups in total. The molecule has 3 aliphatic heterocycles. The molecule has 4 heterocycles. The third-order valence-corrected chi connectivity index (χ3v) is 6.17. The van der Waals surface area contributed by atoms with Crippen LogP contribution in [0, 0.1) is 0 Å². The number of aromatic nitrogens is 2. The number of rotatable bonds is 2. The van der Waals surface area contributed by atoms with Crippen molar-refractivity contribution in [2.75, 3.05) is 39.3 Å². The van der Waals surface area contributed by atoms with Gasteiger partial charge in [-0.2, -0.15) is 0 Å². The Morgan fingerprint density at radius 3 is 2.00 bits per heavy atom. The number of carbonyl (C=O) groups is 3. The van der Waals surface area contributed by atoms with Gasteiger partial charge in [0, 0.05) is 52.7 Å². The Balaban J connectivity index is 1.57. The Morgan fingerprint density at radius 2 is 1.32 bits per heavy atom. The van der Waals surface area contributed by atoms with Crippen molar-refractivity contribution >= 4 is 17.7 Å². The van der Waals surface area contributed by atoms with Gasteiger partial charge in [-0.25, -0.2) is 4.98 Å². The lowest BCUT2D eigenvalue weighted by atomic mass is 10.1. The predicted octanol–water partition coefficient (Wildman–Crippen LogP) is 1.15. The summed E-state index contributed by atoms with van der Waals surface area (Å²) in [5.74, 6) is 0.292. The van der Waals surface area contributed by atoms with Crippen molar-refractivity contribution in [1.29, 1.82) is 0 Å². The minimum Gasteiger partial charge on any atom is -0.339 e. The van der Waals surface area contributed by atoms with Gasteiger partial charge in [0.2, 0.25) is 5.91 Å². The SMILES string of the molecule is CC(=O)N1CCN(C(=O)c2nc(C(=O)N3CCCCC3)c3n2CCCC3)CC1. The zero-order valence-electron chi connectivity index (χ0n) is 16.7. The van der Waals surface area contributed by atoms with Crippen LogP contribution in [0.2, 0.25) is 0 Å². The molecule has 0 saturated carbocycles. The maximum Gasteiger partial charge on any atom is 0.290 e. The quantitative estimate of drug-likeness (QED) is 0.763. The normalized spacial score (nSPS) is 20.1. The molecule has 4 rings (SSSR count). The number of amides is 3. The molecule has 0 unspecified atom stereocenters. The Bertz CT molecular complexity index is 773. The van der Waals surface area contributed by atoms with Crippen molar-refractivity contribution in [2.24, 2.45) is 0 Å². The summed E-state index contributed by atoms with van der Waals surface area (Å²) in [5, 5.41) is 0. The summed E-state index contributed by atoms with van der Waals surface area (Å²) in [7, 11) is 0. The molecule has 0 bridgehead atoms. The van der Waals surface area contributed by atoms with Crippen molar-refractivity contribution in [3.8, 4) is 0 Å². The highest BCUT2D eigenvalue weighted by molar-refractivity contribution is 5.97. The molecule has 0 radical (unpaired) electrons. The maximum atomic E-state index is 13.2. The van der Waals surface area contributed by atoms with E-state index in [1.807, 2.05) is 9.47 Å². The fourth-order valence-electron chi connectivity index (χ4n) is 4.49. The molecule has 0 spiro atoms. The van der Waals surface area contributed by atoms with Gasteiger partial charge in [0.25, 0.3) is 11.8 Å². The van der Waals surface area contributed by atoms with Crippen LogP contribution < -0.4 is 0 Å². The first kappa shape index (κ1) is 19.0. The number of hydrogen-bond donors (Lipinski definition) is 0. The topological polar surface area (TPSA) is 78.8 Å². The van der Waals surface area contributed by atoms with Gasteiger partial charge >= 0.3 is 0 Å². The van der Waals surface area contributed by atoms with Crippen LogP contribution in [0.25, 0.3) is 0 Å². The van der Waals surface area contributed by atoms with Crippen molar-refractivity contribution in [2.45, 2.75) is 52.0 Å². The molecular formula is C20H29N5O3. The average Bonchev–Trinajstić information content (AvgIpc) is 3.13. The monoisotopic (exact) mass is 387 g/mol. The van der Waals surface area contributed by atoms with Gasteiger partial charge in [0.15, 0.2) is 5.82 Å². The smallest absolute Gasteiger partial charge is 0.290 e. The Morgan fingerprint density at radius 1 is 0.714 bits per heavy atom. The van der Waals surface area contributed by atoms with Gasteiger partial charge in [-0.3, -0.25) is 14.4 Å². The largest absolute Gasteiger partial charge is 0.339 e. The van der Waals surface area contributed by atoms with E-state index >= 15 is 0 Å². The highest BCUT2D eigenvalue weighted by Gasteiger charge is 2.33. The van der Waals surface area contributed by atoms with E-state index in [9.17, 15) is 14.4 Å². The van der Waals surface area contributed by atoms with Crippen molar-refractivity contribution in [3.05, 3.63) is 17.2 Å². The summed E-state index contributed by atoms with van der Waals surface area (Å²) < 4.78 is 1.97. The third kappa shape index (κ3) is 3.52. The molecule has 2 saturated heterocycles. The van der Waals surface area contributed by atoms with Crippen LogP contribution in [-0.4, -0.2) is 81.2 Å².